The molecule has 0 radical (unpaired) electrons. The Morgan fingerprint density at radius 2 is 1.90 bits per heavy atom. The minimum absolute atomic E-state index is 0.0232. The van der Waals surface area contributed by atoms with Gasteiger partial charge in [-0.05, 0) is 24.6 Å². The molecule has 1 unspecified atom stereocenters. The van der Waals surface area contributed by atoms with Crippen LogP contribution >= 0.6 is 0 Å². The van der Waals surface area contributed by atoms with E-state index in [0.717, 1.165) is 11.3 Å². The summed E-state index contributed by atoms with van der Waals surface area (Å²) in [6, 6.07) is 15.6. The summed E-state index contributed by atoms with van der Waals surface area (Å²) in [5, 5.41) is 3.00. The predicted octanol–water partition coefficient (Wildman–Crippen LogP) is 1.61. The lowest BCUT2D eigenvalue weighted by atomic mass is 9.87. The van der Waals surface area contributed by atoms with Crippen LogP contribution in [0.3, 0.4) is 0 Å². The highest BCUT2D eigenvalue weighted by molar-refractivity contribution is 5.78. The minimum Gasteiger partial charge on any atom is -0.345 e. The summed E-state index contributed by atoms with van der Waals surface area (Å²) in [5.41, 5.74) is 6.86. The van der Waals surface area contributed by atoms with Gasteiger partial charge in [0.2, 0.25) is 5.91 Å². The molecule has 1 aromatic heterocycles. The van der Waals surface area contributed by atoms with E-state index in [-0.39, 0.29) is 12.5 Å². The second-order valence-electron chi connectivity index (χ2n) is 4.95. The number of nitrogens with zero attached hydrogens (tertiary/aromatic N) is 1. The summed E-state index contributed by atoms with van der Waals surface area (Å²) in [7, 11) is 0. The Balaban J connectivity index is 2.31. The predicted molar refractivity (Wildman–Crippen MR) is 78.9 cm³/mol. The summed E-state index contributed by atoms with van der Waals surface area (Å²) in [5.74, 6) is -0.174. The normalized spacial score (nSPS) is 13.5. The molecule has 2 rings (SSSR count). The third-order valence-corrected chi connectivity index (χ3v) is 3.27. The van der Waals surface area contributed by atoms with Gasteiger partial charge in [0, 0.05) is 18.3 Å². The van der Waals surface area contributed by atoms with Crippen molar-refractivity contribution < 1.29 is 4.79 Å². The lowest BCUT2D eigenvalue weighted by molar-refractivity contribution is -0.121. The van der Waals surface area contributed by atoms with Crippen molar-refractivity contribution in [2.75, 3.05) is 6.54 Å². The third kappa shape index (κ3) is 3.42. The molecule has 1 atom stereocenters. The van der Waals surface area contributed by atoms with Gasteiger partial charge < -0.3 is 11.1 Å². The molecule has 0 saturated heterocycles. The van der Waals surface area contributed by atoms with Crippen LogP contribution in [0, 0.1) is 0 Å². The van der Waals surface area contributed by atoms with Crippen LogP contribution in [0.5, 0.6) is 0 Å². The summed E-state index contributed by atoms with van der Waals surface area (Å²) in [6.45, 7) is 1.97. The molecule has 4 nitrogen and oxygen atoms in total. The van der Waals surface area contributed by atoms with E-state index < -0.39 is 5.54 Å². The van der Waals surface area contributed by atoms with Crippen LogP contribution in [-0.2, 0) is 16.8 Å². The van der Waals surface area contributed by atoms with Crippen molar-refractivity contribution in [3.05, 3.63) is 66.0 Å². The average molecular weight is 269 g/mol. The maximum atomic E-state index is 11.7. The Bertz CT molecular complexity index is 556. The SMILES string of the molecule is CC(Cc1ccccn1)(NC(=O)CN)c1ccccc1. The van der Waals surface area contributed by atoms with Crippen LogP contribution in [0.1, 0.15) is 18.2 Å². The van der Waals surface area contributed by atoms with Gasteiger partial charge in [0.15, 0.2) is 0 Å². The van der Waals surface area contributed by atoms with Crippen molar-refractivity contribution in [2.45, 2.75) is 18.9 Å². The van der Waals surface area contributed by atoms with Crippen LogP contribution in [0.25, 0.3) is 0 Å². The summed E-state index contributed by atoms with van der Waals surface area (Å²) in [4.78, 5) is 16.1. The topological polar surface area (TPSA) is 68.0 Å². The fraction of sp³-hybridized carbons (Fsp3) is 0.250. The summed E-state index contributed by atoms with van der Waals surface area (Å²) < 4.78 is 0. The average Bonchev–Trinajstić information content (AvgIpc) is 2.49. The molecule has 0 fully saturated rings. The first-order valence-electron chi connectivity index (χ1n) is 6.60. The molecule has 104 valence electrons. The number of carbonyl (C=O) groups is 1. The van der Waals surface area contributed by atoms with Crippen molar-refractivity contribution in [1.29, 1.82) is 0 Å². The molecule has 0 spiro atoms. The number of carbonyl (C=O) groups excluding carboxylic acids is 1. The third-order valence-electron chi connectivity index (χ3n) is 3.27. The summed E-state index contributed by atoms with van der Waals surface area (Å²) in [6.07, 6.45) is 2.37. The first-order valence-corrected chi connectivity index (χ1v) is 6.60. The minimum atomic E-state index is -0.522. The van der Waals surface area contributed by atoms with Crippen molar-refractivity contribution in [2.24, 2.45) is 5.73 Å². The first-order chi connectivity index (χ1) is 9.64. The number of rotatable bonds is 5. The fourth-order valence-electron chi connectivity index (χ4n) is 2.25. The van der Waals surface area contributed by atoms with Gasteiger partial charge in [-0.1, -0.05) is 36.4 Å². The maximum Gasteiger partial charge on any atom is 0.234 e. The number of nitrogens with two attached hydrogens (primary N) is 1. The fourth-order valence-corrected chi connectivity index (χ4v) is 2.25. The number of benzene rings is 1. The number of amides is 1. The highest BCUT2D eigenvalue weighted by Crippen LogP contribution is 2.24. The molecule has 1 aromatic carbocycles. The second-order valence-corrected chi connectivity index (χ2v) is 4.95. The zero-order chi connectivity index (χ0) is 14.4. The van der Waals surface area contributed by atoms with Gasteiger partial charge in [-0.3, -0.25) is 9.78 Å². The van der Waals surface area contributed by atoms with Gasteiger partial charge in [0.1, 0.15) is 0 Å². The summed E-state index contributed by atoms with van der Waals surface area (Å²) >= 11 is 0. The van der Waals surface area contributed by atoms with Gasteiger partial charge in [-0.25, -0.2) is 0 Å². The molecule has 3 N–H and O–H groups in total. The van der Waals surface area contributed by atoms with E-state index in [1.165, 1.54) is 0 Å². The van der Waals surface area contributed by atoms with Crippen molar-refractivity contribution >= 4 is 5.91 Å². The highest BCUT2D eigenvalue weighted by atomic mass is 16.2. The van der Waals surface area contributed by atoms with E-state index >= 15 is 0 Å². The number of nitrogens with one attached hydrogen (secondary N) is 1. The standard InChI is InChI=1S/C16H19N3O/c1-16(19-15(20)12-17,13-7-3-2-4-8-13)11-14-9-5-6-10-18-14/h2-10H,11-12,17H2,1H3,(H,19,20). The van der Waals surface area contributed by atoms with Gasteiger partial charge in [0.25, 0.3) is 0 Å². The molecule has 4 heteroatoms. The molecule has 1 amide bonds. The van der Waals surface area contributed by atoms with Crippen LogP contribution < -0.4 is 11.1 Å². The van der Waals surface area contributed by atoms with Gasteiger partial charge in [-0.15, -0.1) is 0 Å². The number of hydrogen-bond acceptors (Lipinski definition) is 3. The zero-order valence-corrected chi connectivity index (χ0v) is 11.5. The van der Waals surface area contributed by atoms with E-state index in [2.05, 4.69) is 10.3 Å². The van der Waals surface area contributed by atoms with Crippen LogP contribution in [0.4, 0.5) is 0 Å². The number of hydrogen-bond donors (Lipinski definition) is 2. The lowest BCUT2D eigenvalue weighted by Gasteiger charge is -2.31. The zero-order valence-electron chi connectivity index (χ0n) is 11.5. The maximum absolute atomic E-state index is 11.7. The Labute approximate surface area is 119 Å². The van der Waals surface area contributed by atoms with E-state index in [1.807, 2.05) is 55.5 Å². The molecule has 0 aliphatic heterocycles. The van der Waals surface area contributed by atoms with Gasteiger partial charge in [-0.2, -0.15) is 0 Å². The largest absolute Gasteiger partial charge is 0.345 e. The molecular weight excluding hydrogens is 250 g/mol. The van der Waals surface area contributed by atoms with Crippen molar-refractivity contribution in [3.8, 4) is 0 Å². The Morgan fingerprint density at radius 3 is 2.50 bits per heavy atom. The van der Waals surface area contributed by atoms with Crippen LogP contribution in [0.15, 0.2) is 54.7 Å². The van der Waals surface area contributed by atoms with E-state index in [9.17, 15) is 4.79 Å². The van der Waals surface area contributed by atoms with Crippen LogP contribution in [-0.4, -0.2) is 17.4 Å². The molecule has 2 aromatic rings. The van der Waals surface area contributed by atoms with E-state index in [0.29, 0.717) is 6.42 Å². The molecular formula is C16H19N3O. The monoisotopic (exact) mass is 269 g/mol. The molecule has 20 heavy (non-hydrogen) atoms. The second kappa shape index (κ2) is 6.30. The smallest absolute Gasteiger partial charge is 0.234 e. The van der Waals surface area contributed by atoms with Gasteiger partial charge in [0.05, 0.1) is 12.1 Å². The molecule has 1 heterocycles. The number of pyridine rings is 1. The van der Waals surface area contributed by atoms with Gasteiger partial charge >= 0.3 is 0 Å². The quantitative estimate of drug-likeness (QED) is 0.866. The number of aromatic nitrogens is 1. The Morgan fingerprint density at radius 1 is 1.20 bits per heavy atom. The Hall–Kier alpha value is -2.20. The molecule has 0 bridgehead atoms. The van der Waals surface area contributed by atoms with E-state index in [4.69, 9.17) is 5.73 Å². The lowest BCUT2D eigenvalue weighted by Crippen LogP contribution is -2.47. The Kier molecular flexibility index (Phi) is 4.48. The molecule has 0 aliphatic rings. The first kappa shape index (κ1) is 14.2. The van der Waals surface area contributed by atoms with Crippen molar-refractivity contribution in [3.63, 3.8) is 0 Å². The van der Waals surface area contributed by atoms with Crippen molar-refractivity contribution in [1.82, 2.24) is 10.3 Å². The van der Waals surface area contributed by atoms with Crippen LogP contribution in [0.2, 0.25) is 0 Å². The molecule has 0 aliphatic carbocycles. The van der Waals surface area contributed by atoms with E-state index in [1.54, 1.807) is 6.20 Å². The highest BCUT2D eigenvalue weighted by Gasteiger charge is 2.28. The molecule has 0 saturated carbocycles.